The first-order valence-corrected chi connectivity index (χ1v) is 6.89. The molecule has 0 aliphatic rings. The normalized spacial score (nSPS) is 13.0. The third kappa shape index (κ3) is 4.91. The fourth-order valence-electron chi connectivity index (χ4n) is 2.34. The summed E-state index contributed by atoms with van der Waals surface area (Å²) in [5.74, 6) is 0.682. The van der Waals surface area contributed by atoms with Crippen LogP contribution in [0.3, 0.4) is 0 Å². The molecule has 0 saturated heterocycles. The van der Waals surface area contributed by atoms with Crippen LogP contribution < -0.4 is 0 Å². The number of aliphatic hydroxyl groups excluding tert-OH is 1. The second kappa shape index (κ2) is 7.50. The lowest BCUT2D eigenvalue weighted by Gasteiger charge is -2.17. The zero-order valence-electron chi connectivity index (χ0n) is 11.4. The average molecular weight is 234 g/mol. The van der Waals surface area contributed by atoms with Crippen molar-refractivity contribution in [2.24, 2.45) is 5.92 Å². The van der Waals surface area contributed by atoms with Gasteiger partial charge in [-0.2, -0.15) is 0 Å². The first-order chi connectivity index (χ1) is 8.17. The molecule has 0 spiro atoms. The summed E-state index contributed by atoms with van der Waals surface area (Å²) in [5, 5.41) is 10.0. The van der Waals surface area contributed by atoms with Gasteiger partial charge in [0.25, 0.3) is 0 Å². The molecule has 17 heavy (non-hydrogen) atoms. The second-order valence-corrected chi connectivity index (χ2v) is 5.04. The van der Waals surface area contributed by atoms with Gasteiger partial charge in [-0.3, -0.25) is 0 Å². The summed E-state index contributed by atoms with van der Waals surface area (Å²) in [7, 11) is 0. The summed E-state index contributed by atoms with van der Waals surface area (Å²) in [6.45, 7) is 6.56. The first-order valence-electron chi connectivity index (χ1n) is 6.89. The Labute approximate surface area is 106 Å². The Kier molecular flexibility index (Phi) is 6.28. The van der Waals surface area contributed by atoms with E-state index in [0.29, 0.717) is 5.92 Å². The second-order valence-electron chi connectivity index (χ2n) is 5.04. The van der Waals surface area contributed by atoms with E-state index in [4.69, 9.17) is 0 Å². The van der Waals surface area contributed by atoms with E-state index in [1.54, 1.807) is 0 Å². The highest BCUT2D eigenvalue weighted by Crippen LogP contribution is 2.18. The standard InChI is InChI=1S/C16H26O/c1-4-14(5-2)12-16(17)11-10-15-9-7-6-8-13(15)3/h6-9,14,16-17H,4-5,10-12H2,1-3H3. The van der Waals surface area contributed by atoms with Crippen molar-refractivity contribution in [3.63, 3.8) is 0 Å². The lowest BCUT2D eigenvalue weighted by atomic mass is 9.93. The van der Waals surface area contributed by atoms with Crippen LogP contribution in [0, 0.1) is 12.8 Å². The largest absolute Gasteiger partial charge is 0.393 e. The zero-order valence-corrected chi connectivity index (χ0v) is 11.4. The third-order valence-corrected chi connectivity index (χ3v) is 3.77. The van der Waals surface area contributed by atoms with Crippen LogP contribution in [0.4, 0.5) is 0 Å². The maximum absolute atomic E-state index is 10.0. The predicted molar refractivity (Wildman–Crippen MR) is 74.2 cm³/mol. The van der Waals surface area contributed by atoms with Gasteiger partial charge in [-0.25, -0.2) is 0 Å². The molecule has 0 heterocycles. The van der Waals surface area contributed by atoms with Crippen LogP contribution in [0.1, 0.15) is 50.7 Å². The van der Waals surface area contributed by atoms with Gasteiger partial charge in [0.05, 0.1) is 6.10 Å². The summed E-state index contributed by atoms with van der Waals surface area (Å²) < 4.78 is 0. The van der Waals surface area contributed by atoms with Gasteiger partial charge in [-0.15, -0.1) is 0 Å². The van der Waals surface area contributed by atoms with Gasteiger partial charge in [0.15, 0.2) is 0 Å². The van der Waals surface area contributed by atoms with E-state index in [0.717, 1.165) is 19.3 Å². The summed E-state index contributed by atoms with van der Waals surface area (Å²) in [6, 6.07) is 8.46. The molecule has 0 bridgehead atoms. The van der Waals surface area contributed by atoms with Crippen molar-refractivity contribution < 1.29 is 5.11 Å². The third-order valence-electron chi connectivity index (χ3n) is 3.77. The summed E-state index contributed by atoms with van der Waals surface area (Å²) in [6.07, 6.45) is 5.06. The van der Waals surface area contributed by atoms with E-state index >= 15 is 0 Å². The molecular weight excluding hydrogens is 208 g/mol. The lowest BCUT2D eigenvalue weighted by Crippen LogP contribution is -2.14. The van der Waals surface area contributed by atoms with Crippen LogP contribution in [0.5, 0.6) is 0 Å². The van der Waals surface area contributed by atoms with E-state index in [1.165, 1.54) is 24.0 Å². The van der Waals surface area contributed by atoms with Crippen molar-refractivity contribution in [3.05, 3.63) is 35.4 Å². The molecule has 1 heteroatoms. The molecular formula is C16H26O. The molecule has 1 nitrogen and oxygen atoms in total. The monoisotopic (exact) mass is 234 g/mol. The van der Waals surface area contributed by atoms with E-state index in [-0.39, 0.29) is 6.10 Å². The van der Waals surface area contributed by atoms with E-state index in [9.17, 15) is 5.11 Å². The van der Waals surface area contributed by atoms with Gasteiger partial charge < -0.3 is 5.11 Å². The SMILES string of the molecule is CCC(CC)CC(O)CCc1ccccc1C. The van der Waals surface area contributed by atoms with Crippen LogP contribution in [0.15, 0.2) is 24.3 Å². The van der Waals surface area contributed by atoms with Crippen molar-refractivity contribution >= 4 is 0 Å². The molecule has 1 unspecified atom stereocenters. The van der Waals surface area contributed by atoms with E-state index in [1.807, 2.05) is 0 Å². The van der Waals surface area contributed by atoms with E-state index in [2.05, 4.69) is 45.0 Å². The van der Waals surface area contributed by atoms with Crippen LogP contribution in [0.2, 0.25) is 0 Å². The van der Waals surface area contributed by atoms with Crippen LogP contribution in [0.25, 0.3) is 0 Å². The fourth-order valence-corrected chi connectivity index (χ4v) is 2.34. The number of hydrogen-bond acceptors (Lipinski definition) is 1. The smallest absolute Gasteiger partial charge is 0.0546 e. The van der Waals surface area contributed by atoms with Crippen LogP contribution in [-0.2, 0) is 6.42 Å². The highest BCUT2D eigenvalue weighted by molar-refractivity contribution is 5.25. The molecule has 0 amide bonds. The summed E-state index contributed by atoms with van der Waals surface area (Å²) in [5.41, 5.74) is 2.71. The molecule has 1 atom stereocenters. The maximum atomic E-state index is 10.0. The highest BCUT2D eigenvalue weighted by atomic mass is 16.3. The molecule has 0 aliphatic heterocycles. The molecule has 1 N–H and O–H groups in total. The topological polar surface area (TPSA) is 20.2 Å². The van der Waals surface area contributed by atoms with Crippen LogP contribution >= 0.6 is 0 Å². The van der Waals surface area contributed by atoms with Gasteiger partial charge in [-0.05, 0) is 43.2 Å². The minimum Gasteiger partial charge on any atom is -0.393 e. The highest BCUT2D eigenvalue weighted by Gasteiger charge is 2.11. The average Bonchev–Trinajstić information content (AvgIpc) is 2.35. The molecule has 0 aromatic heterocycles. The molecule has 1 aromatic carbocycles. The molecule has 1 aromatic rings. The van der Waals surface area contributed by atoms with Gasteiger partial charge in [0.2, 0.25) is 0 Å². The molecule has 0 saturated carbocycles. The van der Waals surface area contributed by atoms with Gasteiger partial charge in [0, 0.05) is 0 Å². The zero-order chi connectivity index (χ0) is 12.7. The van der Waals surface area contributed by atoms with Gasteiger partial charge in [0.1, 0.15) is 0 Å². The maximum Gasteiger partial charge on any atom is 0.0546 e. The quantitative estimate of drug-likeness (QED) is 0.752. The predicted octanol–water partition coefficient (Wildman–Crippen LogP) is 4.11. The molecule has 0 radical (unpaired) electrons. The van der Waals surface area contributed by atoms with Crippen molar-refractivity contribution in [2.45, 2.75) is 59.0 Å². The molecule has 1 rings (SSSR count). The number of aryl methyl sites for hydroxylation is 2. The number of aliphatic hydroxyl groups is 1. The Balaban J connectivity index is 2.38. The Morgan fingerprint density at radius 3 is 2.35 bits per heavy atom. The Hall–Kier alpha value is -0.820. The minimum absolute atomic E-state index is 0.139. The van der Waals surface area contributed by atoms with Gasteiger partial charge in [-0.1, -0.05) is 51.0 Å². The van der Waals surface area contributed by atoms with Crippen molar-refractivity contribution in [1.29, 1.82) is 0 Å². The van der Waals surface area contributed by atoms with Crippen molar-refractivity contribution in [2.75, 3.05) is 0 Å². The minimum atomic E-state index is -0.139. The number of rotatable bonds is 7. The van der Waals surface area contributed by atoms with Crippen molar-refractivity contribution in [3.8, 4) is 0 Å². The summed E-state index contributed by atoms with van der Waals surface area (Å²) in [4.78, 5) is 0. The Morgan fingerprint density at radius 1 is 1.12 bits per heavy atom. The van der Waals surface area contributed by atoms with Gasteiger partial charge >= 0.3 is 0 Å². The lowest BCUT2D eigenvalue weighted by molar-refractivity contribution is 0.130. The molecule has 96 valence electrons. The summed E-state index contributed by atoms with van der Waals surface area (Å²) >= 11 is 0. The van der Waals surface area contributed by atoms with Crippen LogP contribution in [-0.4, -0.2) is 11.2 Å². The number of benzene rings is 1. The Bertz CT molecular complexity index is 315. The molecule has 0 fully saturated rings. The van der Waals surface area contributed by atoms with Crippen molar-refractivity contribution in [1.82, 2.24) is 0 Å². The Morgan fingerprint density at radius 2 is 1.76 bits per heavy atom. The molecule has 0 aliphatic carbocycles. The fraction of sp³-hybridized carbons (Fsp3) is 0.625. The number of hydrogen-bond donors (Lipinski definition) is 1. The first kappa shape index (κ1) is 14.2. The van der Waals surface area contributed by atoms with E-state index < -0.39 is 0 Å².